The topological polar surface area (TPSA) is 68.4 Å². The third kappa shape index (κ3) is 2.73. The van der Waals surface area contributed by atoms with Gasteiger partial charge in [-0.25, -0.2) is 0 Å². The van der Waals surface area contributed by atoms with Crippen molar-refractivity contribution in [3.8, 4) is 0 Å². The summed E-state index contributed by atoms with van der Waals surface area (Å²) in [5.74, 6) is 0.190. The first kappa shape index (κ1) is 13.9. The van der Waals surface area contributed by atoms with E-state index in [1.165, 1.54) is 16.8 Å². The van der Waals surface area contributed by atoms with E-state index in [2.05, 4.69) is 0 Å². The summed E-state index contributed by atoms with van der Waals surface area (Å²) in [6.45, 7) is 0.476. The summed E-state index contributed by atoms with van der Waals surface area (Å²) in [7, 11) is 1.64. The van der Waals surface area contributed by atoms with Crippen LogP contribution in [0.25, 0.3) is 0 Å². The van der Waals surface area contributed by atoms with Crippen molar-refractivity contribution < 1.29 is 9.72 Å². The van der Waals surface area contributed by atoms with Crippen LogP contribution in [0, 0.1) is 10.1 Å². The molecule has 104 valence electrons. The zero-order chi connectivity index (χ0) is 14.0. The summed E-state index contributed by atoms with van der Waals surface area (Å²) >= 11 is 5.74. The lowest BCUT2D eigenvalue weighted by Gasteiger charge is -2.37. The molecule has 1 aromatic heterocycles. The van der Waals surface area contributed by atoms with Gasteiger partial charge in [0.1, 0.15) is 5.69 Å². The van der Waals surface area contributed by atoms with E-state index < -0.39 is 4.92 Å². The highest BCUT2D eigenvalue weighted by Crippen LogP contribution is 2.27. The molecule has 6 nitrogen and oxygen atoms in total. The Morgan fingerprint density at radius 1 is 1.63 bits per heavy atom. The molecule has 0 radical (unpaired) electrons. The largest absolute Gasteiger partial charge is 0.340 e. The number of alkyl halides is 1. The average Bonchev–Trinajstić information content (AvgIpc) is 2.68. The molecule has 2 rings (SSSR count). The molecule has 0 aromatic carbocycles. The van der Waals surface area contributed by atoms with Crippen LogP contribution in [0.1, 0.15) is 29.8 Å². The number of rotatable bonds is 5. The second-order valence-corrected chi connectivity index (χ2v) is 5.10. The van der Waals surface area contributed by atoms with Gasteiger partial charge in [0.15, 0.2) is 0 Å². The number of carbonyl (C=O) groups is 1. The second kappa shape index (κ2) is 5.61. The molecule has 0 bridgehead atoms. The molecule has 1 aliphatic carbocycles. The van der Waals surface area contributed by atoms with E-state index >= 15 is 0 Å². The van der Waals surface area contributed by atoms with Crippen LogP contribution in [0.5, 0.6) is 0 Å². The number of carbonyl (C=O) groups excluding carboxylic acids is 1. The summed E-state index contributed by atoms with van der Waals surface area (Å²) < 4.78 is 1.50. The number of aryl methyl sites for hydroxylation is 1. The van der Waals surface area contributed by atoms with Crippen molar-refractivity contribution in [1.82, 2.24) is 9.47 Å². The fraction of sp³-hybridized carbons (Fsp3) is 0.583. The summed E-state index contributed by atoms with van der Waals surface area (Å²) in [6, 6.07) is 1.54. The number of halogens is 1. The minimum absolute atomic E-state index is 0.0646. The predicted octanol–water partition coefficient (Wildman–Crippen LogP) is 2.17. The van der Waals surface area contributed by atoms with Gasteiger partial charge in [-0.3, -0.25) is 14.9 Å². The lowest BCUT2D eigenvalue weighted by atomic mass is 9.91. The molecule has 1 fully saturated rings. The summed E-state index contributed by atoms with van der Waals surface area (Å²) in [5, 5.41) is 10.7. The molecule has 7 heteroatoms. The molecule has 0 saturated heterocycles. The van der Waals surface area contributed by atoms with Crippen LogP contribution in [0.2, 0.25) is 0 Å². The zero-order valence-corrected chi connectivity index (χ0v) is 11.5. The second-order valence-electron chi connectivity index (χ2n) is 4.72. The molecule has 1 aromatic rings. The van der Waals surface area contributed by atoms with Crippen LogP contribution in [0.4, 0.5) is 5.69 Å². The summed E-state index contributed by atoms with van der Waals surface area (Å²) in [6.07, 6.45) is 4.43. The van der Waals surface area contributed by atoms with E-state index in [1.807, 2.05) is 0 Å². The Kier molecular flexibility index (Phi) is 4.09. The van der Waals surface area contributed by atoms with Gasteiger partial charge in [0.25, 0.3) is 11.6 Å². The molecular weight excluding hydrogens is 270 g/mol. The van der Waals surface area contributed by atoms with Gasteiger partial charge in [0, 0.05) is 31.6 Å². The number of hydrogen-bond donors (Lipinski definition) is 0. The Labute approximate surface area is 116 Å². The molecule has 0 aliphatic heterocycles. The summed E-state index contributed by atoms with van der Waals surface area (Å²) in [5.41, 5.74) is 0.272. The Morgan fingerprint density at radius 2 is 2.32 bits per heavy atom. The maximum absolute atomic E-state index is 12.4. The first-order valence-electron chi connectivity index (χ1n) is 6.22. The van der Waals surface area contributed by atoms with Crippen LogP contribution in [0.3, 0.4) is 0 Å². The standard InChI is InChI=1S/C12H16ClN3O3/c1-14-8-10(16(18)19)7-11(14)12(17)15(6-5-13)9-3-2-4-9/h7-9H,2-6H2,1H3. The molecular formula is C12H16ClN3O3. The van der Waals surface area contributed by atoms with Crippen molar-refractivity contribution in [1.29, 1.82) is 0 Å². The van der Waals surface area contributed by atoms with Crippen molar-refractivity contribution >= 4 is 23.2 Å². The number of amides is 1. The monoisotopic (exact) mass is 285 g/mol. The third-order valence-electron chi connectivity index (χ3n) is 3.52. The quantitative estimate of drug-likeness (QED) is 0.473. The number of hydrogen-bond acceptors (Lipinski definition) is 3. The smallest absolute Gasteiger partial charge is 0.287 e. The predicted molar refractivity (Wildman–Crippen MR) is 71.5 cm³/mol. The molecule has 19 heavy (non-hydrogen) atoms. The first-order valence-corrected chi connectivity index (χ1v) is 6.75. The molecule has 0 spiro atoms. The van der Waals surface area contributed by atoms with Gasteiger partial charge < -0.3 is 9.47 Å². The Hall–Kier alpha value is -1.56. The molecule has 0 atom stereocenters. The maximum atomic E-state index is 12.4. The highest BCUT2D eigenvalue weighted by molar-refractivity contribution is 6.18. The molecule has 1 aliphatic rings. The molecule has 1 saturated carbocycles. The highest BCUT2D eigenvalue weighted by atomic mass is 35.5. The lowest BCUT2D eigenvalue weighted by Crippen LogP contribution is -2.45. The van der Waals surface area contributed by atoms with Crippen molar-refractivity contribution in [2.45, 2.75) is 25.3 Å². The number of nitro groups is 1. The lowest BCUT2D eigenvalue weighted by molar-refractivity contribution is -0.384. The van der Waals surface area contributed by atoms with Crippen molar-refractivity contribution in [3.63, 3.8) is 0 Å². The van der Waals surface area contributed by atoms with Gasteiger partial charge in [-0.1, -0.05) is 0 Å². The summed E-state index contributed by atoms with van der Waals surface area (Å²) in [4.78, 5) is 24.4. The Morgan fingerprint density at radius 3 is 2.74 bits per heavy atom. The minimum Gasteiger partial charge on any atom is -0.340 e. The molecule has 0 N–H and O–H groups in total. The van der Waals surface area contributed by atoms with E-state index in [9.17, 15) is 14.9 Å². The minimum atomic E-state index is -0.494. The SMILES string of the molecule is Cn1cc([N+](=O)[O-])cc1C(=O)N(CCCl)C1CCC1. The number of nitrogens with zero attached hydrogens (tertiary/aromatic N) is 3. The van der Waals surface area contributed by atoms with Gasteiger partial charge in [-0.15, -0.1) is 11.6 Å². The van der Waals surface area contributed by atoms with Crippen LogP contribution in [-0.4, -0.2) is 38.8 Å². The van der Waals surface area contributed by atoms with Crippen molar-refractivity contribution in [3.05, 3.63) is 28.1 Å². The van der Waals surface area contributed by atoms with Gasteiger partial charge >= 0.3 is 0 Å². The number of aromatic nitrogens is 1. The van der Waals surface area contributed by atoms with Gasteiger partial charge in [-0.05, 0) is 19.3 Å². The normalized spacial score (nSPS) is 15.1. The third-order valence-corrected chi connectivity index (χ3v) is 3.69. The van der Waals surface area contributed by atoms with E-state index in [-0.39, 0.29) is 17.6 Å². The average molecular weight is 286 g/mol. The van der Waals surface area contributed by atoms with Gasteiger partial charge in [0.05, 0.1) is 11.1 Å². The maximum Gasteiger partial charge on any atom is 0.287 e. The molecule has 1 amide bonds. The van der Waals surface area contributed by atoms with E-state index in [0.717, 1.165) is 19.3 Å². The highest BCUT2D eigenvalue weighted by Gasteiger charge is 2.31. The molecule has 0 unspecified atom stereocenters. The van der Waals surface area contributed by atoms with E-state index in [4.69, 9.17) is 11.6 Å². The van der Waals surface area contributed by atoms with E-state index in [1.54, 1.807) is 11.9 Å². The Bertz CT molecular complexity index is 496. The van der Waals surface area contributed by atoms with E-state index in [0.29, 0.717) is 18.1 Å². The Balaban J connectivity index is 2.23. The van der Waals surface area contributed by atoms with Crippen LogP contribution >= 0.6 is 11.6 Å². The van der Waals surface area contributed by atoms with Crippen LogP contribution in [-0.2, 0) is 7.05 Å². The van der Waals surface area contributed by atoms with Gasteiger partial charge in [-0.2, -0.15) is 0 Å². The van der Waals surface area contributed by atoms with Gasteiger partial charge in [0.2, 0.25) is 0 Å². The molecule has 1 heterocycles. The fourth-order valence-electron chi connectivity index (χ4n) is 2.25. The first-order chi connectivity index (χ1) is 9.04. The van der Waals surface area contributed by atoms with Crippen LogP contribution < -0.4 is 0 Å². The zero-order valence-electron chi connectivity index (χ0n) is 10.7. The van der Waals surface area contributed by atoms with Crippen molar-refractivity contribution in [2.24, 2.45) is 7.05 Å². The van der Waals surface area contributed by atoms with Crippen LogP contribution in [0.15, 0.2) is 12.3 Å². The fourth-order valence-corrected chi connectivity index (χ4v) is 2.43. The van der Waals surface area contributed by atoms with Crippen molar-refractivity contribution in [2.75, 3.05) is 12.4 Å².